The van der Waals surface area contributed by atoms with E-state index in [1.54, 1.807) is 0 Å². The molecule has 19 heavy (non-hydrogen) atoms. The number of aliphatic hydroxyl groups excluding tert-OH is 1. The van der Waals surface area contributed by atoms with Gasteiger partial charge in [-0.3, -0.25) is 0 Å². The first-order valence-corrected chi connectivity index (χ1v) is 6.36. The Balaban J connectivity index is 0.000000459. The molecule has 1 rings (SSSR count). The molecule has 0 amide bonds. The zero-order chi connectivity index (χ0) is 15.0. The minimum Gasteiger partial charge on any atom is -0.465 e. The number of aryl methyl sites for hydroxylation is 1. The summed E-state index contributed by atoms with van der Waals surface area (Å²) in [6.45, 7) is 7.88. The lowest BCUT2D eigenvalue weighted by Gasteiger charge is -2.08. The number of rotatable bonds is 3. The molecule has 0 aromatic heterocycles. The van der Waals surface area contributed by atoms with Gasteiger partial charge in [0.1, 0.15) is 0 Å². The number of ether oxygens (including phenoxy) is 1. The van der Waals surface area contributed by atoms with Crippen LogP contribution < -0.4 is 0 Å². The Morgan fingerprint density at radius 3 is 2.16 bits per heavy atom. The summed E-state index contributed by atoms with van der Waals surface area (Å²) in [5.41, 5.74) is 4.02. The van der Waals surface area contributed by atoms with E-state index < -0.39 is 6.29 Å². The van der Waals surface area contributed by atoms with Gasteiger partial charge in [-0.15, -0.1) is 0 Å². The van der Waals surface area contributed by atoms with Gasteiger partial charge >= 0.3 is 5.97 Å². The molecular weight excluding hydrogens is 244 g/mol. The highest BCUT2D eigenvalue weighted by atomic mass is 16.5. The molecule has 108 valence electrons. The molecule has 0 bridgehead atoms. The summed E-state index contributed by atoms with van der Waals surface area (Å²) in [6, 6.07) is 3.75. The number of carbonyl (C=O) groups is 1. The third kappa shape index (κ3) is 5.85. The van der Waals surface area contributed by atoms with Crippen LogP contribution in [-0.2, 0) is 4.74 Å². The van der Waals surface area contributed by atoms with Crippen molar-refractivity contribution in [2.75, 3.05) is 7.11 Å². The van der Waals surface area contributed by atoms with Crippen LogP contribution in [0.25, 0.3) is 0 Å². The number of aliphatic hydroxyl groups is 2. The Kier molecular flexibility index (Phi) is 8.03. The lowest BCUT2D eigenvalue weighted by molar-refractivity contribution is -0.0453. The highest BCUT2D eigenvalue weighted by Gasteiger charge is 2.10. The molecule has 0 spiro atoms. The summed E-state index contributed by atoms with van der Waals surface area (Å²) in [5, 5.41) is 16.2. The van der Waals surface area contributed by atoms with E-state index in [2.05, 4.69) is 4.74 Å². The molecule has 0 radical (unpaired) electrons. The molecule has 1 aromatic carbocycles. The second-order valence-corrected chi connectivity index (χ2v) is 4.44. The number of hydrogen-bond acceptors (Lipinski definition) is 4. The zero-order valence-electron chi connectivity index (χ0n) is 12.4. The molecule has 0 saturated heterocycles. The van der Waals surface area contributed by atoms with Crippen LogP contribution in [0, 0.1) is 20.8 Å². The summed E-state index contributed by atoms with van der Waals surface area (Å²) >= 11 is 0. The predicted molar refractivity (Wildman–Crippen MR) is 75.1 cm³/mol. The van der Waals surface area contributed by atoms with Gasteiger partial charge in [0.2, 0.25) is 0 Å². The maximum Gasteiger partial charge on any atom is 0.338 e. The molecule has 0 unspecified atom stereocenters. The van der Waals surface area contributed by atoms with Crippen LogP contribution in [-0.4, -0.2) is 29.6 Å². The Labute approximate surface area is 115 Å². The van der Waals surface area contributed by atoms with Crippen LogP contribution in [0.4, 0.5) is 0 Å². The normalized spacial score (nSPS) is 9.89. The molecule has 0 saturated carbocycles. The maximum absolute atomic E-state index is 11.3. The molecule has 4 nitrogen and oxygen atoms in total. The Hall–Kier alpha value is -1.39. The second kappa shape index (κ2) is 8.67. The first kappa shape index (κ1) is 17.6. The molecule has 0 aliphatic heterocycles. The maximum atomic E-state index is 11.3. The van der Waals surface area contributed by atoms with Crippen molar-refractivity contribution in [3.05, 3.63) is 34.4 Å². The second-order valence-electron chi connectivity index (χ2n) is 4.44. The smallest absolute Gasteiger partial charge is 0.338 e. The zero-order valence-corrected chi connectivity index (χ0v) is 12.4. The van der Waals surface area contributed by atoms with E-state index in [0.717, 1.165) is 17.5 Å². The minimum atomic E-state index is -1.10. The Morgan fingerprint density at radius 2 is 1.79 bits per heavy atom. The molecule has 0 heterocycles. The summed E-state index contributed by atoms with van der Waals surface area (Å²) in [7, 11) is 1.40. The van der Waals surface area contributed by atoms with E-state index in [4.69, 9.17) is 10.2 Å². The SMILES string of the molecule is CCCC(O)O.COC(=O)c1ccc(C)c(C)c1C. The van der Waals surface area contributed by atoms with Crippen molar-refractivity contribution in [1.82, 2.24) is 0 Å². The average molecular weight is 268 g/mol. The molecule has 0 aliphatic carbocycles. The van der Waals surface area contributed by atoms with Crippen molar-refractivity contribution < 1.29 is 19.7 Å². The standard InChI is InChI=1S/C11H14O2.C4H10O2/c1-7-5-6-10(11(12)13-4)9(3)8(7)2;1-2-3-4(5)6/h5-6H,1-4H3;4-6H,2-3H2,1H3. The summed E-state index contributed by atoms with van der Waals surface area (Å²) < 4.78 is 4.67. The van der Waals surface area contributed by atoms with Gasteiger partial charge in [-0.05, 0) is 49.9 Å². The first-order valence-electron chi connectivity index (χ1n) is 6.36. The highest BCUT2D eigenvalue weighted by molar-refractivity contribution is 5.91. The lowest BCUT2D eigenvalue weighted by Crippen LogP contribution is -2.05. The van der Waals surface area contributed by atoms with Gasteiger partial charge in [0.25, 0.3) is 0 Å². The van der Waals surface area contributed by atoms with Gasteiger partial charge < -0.3 is 14.9 Å². The van der Waals surface area contributed by atoms with Crippen molar-refractivity contribution in [2.45, 2.75) is 46.8 Å². The Morgan fingerprint density at radius 1 is 1.21 bits per heavy atom. The van der Waals surface area contributed by atoms with Crippen molar-refractivity contribution in [1.29, 1.82) is 0 Å². The quantitative estimate of drug-likeness (QED) is 0.653. The van der Waals surface area contributed by atoms with E-state index in [1.165, 1.54) is 12.7 Å². The fourth-order valence-electron chi connectivity index (χ4n) is 1.55. The van der Waals surface area contributed by atoms with Crippen LogP contribution in [0.15, 0.2) is 12.1 Å². The third-order valence-electron chi connectivity index (χ3n) is 3.01. The van der Waals surface area contributed by atoms with E-state index in [0.29, 0.717) is 12.0 Å². The molecule has 4 heteroatoms. The van der Waals surface area contributed by atoms with Gasteiger partial charge in [-0.1, -0.05) is 19.4 Å². The lowest BCUT2D eigenvalue weighted by atomic mass is 9.99. The number of benzene rings is 1. The highest BCUT2D eigenvalue weighted by Crippen LogP contribution is 2.17. The van der Waals surface area contributed by atoms with Crippen LogP contribution >= 0.6 is 0 Å². The van der Waals surface area contributed by atoms with E-state index in [-0.39, 0.29) is 5.97 Å². The number of hydrogen-bond donors (Lipinski definition) is 2. The van der Waals surface area contributed by atoms with Crippen molar-refractivity contribution in [2.24, 2.45) is 0 Å². The van der Waals surface area contributed by atoms with Gasteiger partial charge in [0.15, 0.2) is 6.29 Å². The largest absolute Gasteiger partial charge is 0.465 e. The Bertz CT molecular complexity index is 411. The van der Waals surface area contributed by atoms with Crippen molar-refractivity contribution in [3.63, 3.8) is 0 Å². The van der Waals surface area contributed by atoms with Crippen molar-refractivity contribution >= 4 is 5.97 Å². The predicted octanol–water partition coefficient (Wildman–Crippen LogP) is 2.50. The van der Waals surface area contributed by atoms with Crippen LogP contribution in [0.1, 0.15) is 46.8 Å². The molecule has 1 aromatic rings. The van der Waals surface area contributed by atoms with Crippen LogP contribution in [0.3, 0.4) is 0 Å². The first-order chi connectivity index (χ1) is 8.84. The van der Waals surface area contributed by atoms with Gasteiger partial charge in [0, 0.05) is 0 Å². The van der Waals surface area contributed by atoms with Crippen LogP contribution in [0.5, 0.6) is 0 Å². The molecule has 0 atom stereocenters. The van der Waals surface area contributed by atoms with Crippen molar-refractivity contribution in [3.8, 4) is 0 Å². The molecule has 0 aliphatic rings. The van der Waals surface area contributed by atoms with Gasteiger partial charge in [-0.25, -0.2) is 4.79 Å². The summed E-state index contributed by atoms with van der Waals surface area (Å²) in [6.07, 6.45) is 0.215. The van der Waals surface area contributed by atoms with Gasteiger partial charge in [-0.2, -0.15) is 0 Å². The fraction of sp³-hybridized carbons (Fsp3) is 0.533. The number of carbonyl (C=O) groups excluding carboxylic acids is 1. The summed E-state index contributed by atoms with van der Waals surface area (Å²) in [5.74, 6) is -0.263. The topological polar surface area (TPSA) is 66.8 Å². The number of esters is 1. The average Bonchev–Trinajstić information content (AvgIpc) is 2.36. The number of methoxy groups -OCH3 is 1. The third-order valence-corrected chi connectivity index (χ3v) is 3.01. The molecule has 2 N–H and O–H groups in total. The minimum absolute atomic E-state index is 0.263. The fourth-order valence-corrected chi connectivity index (χ4v) is 1.55. The monoisotopic (exact) mass is 268 g/mol. The van der Waals surface area contributed by atoms with E-state index in [1.807, 2.05) is 39.8 Å². The summed E-state index contributed by atoms with van der Waals surface area (Å²) in [4.78, 5) is 11.3. The van der Waals surface area contributed by atoms with E-state index >= 15 is 0 Å². The molecule has 0 fully saturated rings. The van der Waals surface area contributed by atoms with Gasteiger partial charge in [0.05, 0.1) is 12.7 Å². The molecular formula is C15H24O4. The van der Waals surface area contributed by atoms with Crippen LogP contribution in [0.2, 0.25) is 0 Å². The van der Waals surface area contributed by atoms with E-state index in [9.17, 15) is 4.79 Å².